The van der Waals surface area contributed by atoms with Crippen molar-refractivity contribution in [2.45, 2.75) is 0 Å². The van der Waals surface area contributed by atoms with Crippen LogP contribution in [0.4, 0.5) is 0 Å². The molecule has 0 amide bonds. The van der Waals surface area contributed by atoms with Crippen LogP contribution in [0.3, 0.4) is 0 Å². The smallest absolute Gasteiger partial charge is 0.249 e. The number of nitrogens with two attached hydrogens (primary N) is 1. The van der Waals surface area contributed by atoms with Crippen molar-refractivity contribution >= 4 is 50.2 Å². The fourth-order valence-electron chi connectivity index (χ4n) is 3.93. The second-order valence-corrected chi connectivity index (χ2v) is 7.59. The fourth-order valence-corrected chi connectivity index (χ4v) is 3.93. The Labute approximate surface area is 182 Å². The van der Waals surface area contributed by atoms with Crippen molar-refractivity contribution in [2.75, 3.05) is 0 Å². The number of hydrogen-bond donors (Lipinski definition) is 2. The molecule has 6 rings (SSSR count). The van der Waals surface area contributed by atoms with Gasteiger partial charge in [-0.25, -0.2) is 0 Å². The van der Waals surface area contributed by atoms with Gasteiger partial charge in [0.15, 0.2) is 5.43 Å². The van der Waals surface area contributed by atoms with Gasteiger partial charge in [0.25, 0.3) is 0 Å². The number of aromatic nitrogens is 1. The zero-order valence-corrected chi connectivity index (χ0v) is 17.0. The summed E-state index contributed by atoms with van der Waals surface area (Å²) in [6.07, 6.45) is 1.56. The summed E-state index contributed by atoms with van der Waals surface area (Å²) in [6.45, 7) is 0. The SMILES string of the molecule is NC1=Cc2cc3ccccc3cc2C(=O)C1=O.O=c1c2ccccc2[nH]c2ccccc12. The zero-order chi connectivity index (χ0) is 22.2. The maximum absolute atomic E-state index is 12.1. The van der Waals surface area contributed by atoms with E-state index in [1.54, 1.807) is 12.1 Å². The first-order chi connectivity index (χ1) is 15.5. The number of fused-ring (bicyclic) bond motifs is 4. The highest BCUT2D eigenvalue weighted by atomic mass is 16.2. The van der Waals surface area contributed by atoms with Crippen LogP contribution in [0.25, 0.3) is 38.7 Å². The summed E-state index contributed by atoms with van der Waals surface area (Å²) >= 11 is 0. The monoisotopic (exact) mass is 418 g/mol. The third-order valence-corrected chi connectivity index (χ3v) is 5.55. The standard InChI is InChI=1S/C14H9NO2.C13H9NO/c15-12-7-10-5-8-3-1-2-4-9(8)6-11(10)13(16)14(12)17;15-13-9-5-1-3-7-11(9)14-12-8-4-2-6-10(12)13/h1-7H,15H2;1-8H,(H,14,15). The molecule has 1 aliphatic rings. The number of carbonyl (C=O) groups excluding carboxylic acids is 2. The van der Waals surface area contributed by atoms with E-state index in [-0.39, 0.29) is 11.1 Å². The maximum atomic E-state index is 12.1. The first-order valence-electron chi connectivity index (χ1n) is 10.1. The average Bonchev–Trinajstić information content (AvgIpc) is 2.82. The lowest BCUT2D eigenvalue weighted by atomic mass is 9.91. The highest BCUT2D eigenvalue weighted by molar-refractivity contribution is 6.51. The van der Waals surface area contributed by atoms with Crippen molar-refractivity contribution in [2.24, 2.45) is 5.73 Å². The predicted molar refractivity (Wildman–Crippen MR) is 128 cm³/mol. The van der Waals surface area contributed by atoms with Crippen molar-refractivity contribution in [3.8, 4) is 0 Å². The summed E-state index contributed by atoms with van der Waals surface area (Å²) in [7, 11) is 0. The molecule has 5 heteroatoms. The lowest BCUT2D eigenvalue weighted by molar-refractivity contribution is -0.111. The predicted octanol–water partition coefficient (Wildman–Crippen LogP) is 4.59. The Morgan fingerprint density at radius 1 is 0.625 bits per heavy atom. The number of ketones is 2. The van der Waals surface area contributed by atoms with Crippen molar-refractivity contribution in [3.63, 3.8) is 0 Å². The largest absolute Gasteiger partial charge is 0.395 e. The fraction of sp³-hybridized carbons (Fsp3) is 0. The molecule has 4 aromatic carbocycles. The maximum Gasteiger partial charge on any atom is 0.249 e. The van der Waals surface area contributed by atoms with Gasteiger partial charge < -0.3 is 10.7 Å². The molecule has 32 heavy (non-hydrogen) atoms. The van der Waals surface area contributed by atoms with Crippen molar-refractivity contribution in [1.29, 1.82) is 0 Å². The van der Waals surface area contributed by atoms with Crippen LogP contribution in [0.2, 0.25) is 0 Å². The minimum Gasteiger partial charge on any atom is -0.395 e. The van der Waals surface area contributed by atoms with E-state index in [1.807, 2.05) is 78.9 Å². The number of hydrogen-bond acceptors (Lipinski definition) is 4. The van der Waals surface area contributed by atoms with Crippen molar-refractivity contribution in [3.05, 3.63) is 112 Å². The van der Waals surface area contributed by atoms with Gasteiger partial charge >= 0.3 is 0 Å². The molecule has 5 aromatic rings. The lowest BCUT2D eigenvalue weighted by Gasteiger charge is -2.12. The number of benzene rings is 4. The van der Waals surface area contributed by atoms with E-state index in [0.717, 1.165) is 32.6 Å². The number of allylic oxidation sites excluding steroid dienone is 1. The van der Waals surface area contributed by atoms with Crippen molar-refractivity contribution < 1.29 is 9.59 Å². The molecular weight excluding hydrogens is 400 g/mol. The molecule has 0 spiro atoms. The first-order valence-corrected chi connectivity index (χ1v) is 10.1. The Morgan fingerprint density at radius 2 is 1.16 bits per heavy atom. The van der Waals surface area contributed by atoms with Crippen LogP contribution in [-0.2, 0) is 4.79 Å². The van der Waals surface area contributed by atoms with Crippen LogP contribution in [-0.4, -0.2) is 16.6 Å². The van der Waals surface area contributed by atoms with E-state index in [2.05, 4.69) is 4.98 Å². The highest BCUT2D eigenvalue weighted by Crippen LogP contribution is 2.25. The molecule has 3 N–H and O–H groups in total. The summed E-state index contributed by atoms with van der Waals surface area (Å²) in [5.74, 6) is -1.14. The van der Waals surface area contributed by atoms with Gasteiger partial charge in [-0.15, -0.1) is 0 Å². The number of Topliss-reactive ketones (excluding diaryl/α,β-unsaturated/α-hetero) is 2. The quantitative estimate of drug-likeness (QED) is 0.284. The molecule has 1 aromatic heterocycles. The van der Waals surface area contributed by atoms with Gasteiger partial charge in [-0.3, -0.25) is 14.4 Å². The molecule has 154 valence electrons. The van der Waals surface area contributed by atoms with Crippen LogP contribution in [0, 0.1) is 0 Å². The van der Waals surface area contributed by atoms with E-state index >= 15 is 0 Å². The Balaban J connectivity index is 0.000000136. The molecular formula is C27H18N2O3. The number of aromatic amines is 1. The number of pyridine rings is 1. The normalized spacial score (nSPS) is 12.9. The molecule has 0 aliphatic heterocycles. The molecule has 1 aliphatic carbocycles. The molecule has 0 unspecified atom stereocenters. The van der Waals surface area contributed by atoms with Crippen LogP contribution in [0.15, 0.2) is 95.4 Å². The minimum absolute atomic E-state index is 0.0118. The van der Waals surface area contributed by atoms with Gasteiger partial charge in [-0.05, 0) is 58.8 Å². The van der Waals surface area contributed by atoms with Gasteiger partial charge in [0.05, 0.1) is 5.70 Å². The molecule has 5 nitrogen and oxygen atoms in total. The number of nitrogens with one attached hydrogen (secondary N) is 1. The van der Waals surface area contributed by atoms with Gasteiger partial charge in [0, 0.05) is 27.4 Å². The van der Waals surface area contributed by atoms with E-state index in [4.69, 9.17) is 5.73 Å². The summed E-state index contributed by atoms with van der Waals surface area (Å²) in [5.41, 5.74) is 8.55. The lowest BCUT2D eigenvalue weighted by Crippen LogP contribution is -2.25. The molecule has 0 saturated carbocycles. The van der Waals surface area contributed by atoms with Gasteiger partial charge in [-0.1, -0.05) is 48.5 Å². The molecule has 0 bridgehead atoms. The Hall–Kier alpha value is -4.51. The zero-order valence-electron chi connectivity index (χ0n) is 17.0. The Bertz CT molecular complexity index is 1590. The first kappa shape index (κ1) is 19.5. The second kappa shape index (κ2) is 7.63. The average molecular weight is 418 g/mol. The second-order valence-electron chi connectivity index (χ2n) is 7.59. The third-order valence-electron chi connectivity index (χ3n) is 5.55. The number of H-pyrrole nitrogens is 1. The van der Waals surface area contributed by atoms with E-state index in [1.165, 1.54) is 0 Å². The van der Waals surface area contributed by atoms with E-state index in [0.29, 0.717) is 11.1 Å². The van der Waals surface area contributed by atoms with Crippen LogP contribution in [0.5, 0.6) is 0 Å². The molecule has 1 heterocycles. The Kier molecular flexibility index (Phi) is 4.64. The summed E-state index contributed by atoms with van der Waals surface area (Å²) < 4.78 is 0. The Morgan fingerprint density at radius 3 is 1.78 bits per heavy atom. The third kappa shape index (κ3) is 3.26. The highest BCUT2D eigenvalue weighted by Gasteiger charge is 2.26. The van der Waals surface area contributed by atoms with Crippen LogP contribution in [0.1, 0.15) is 15.9 Å². The van der Waals surface area contributed by atoms with Crippen molar-refractivity contribution in [1.82, 2.24) is 4.98 Å². The van der Waals surface area contributed by atoms with E-state index in [9.17, 15) is 14.4 Å². The molecule has 0 radical (unpaired) electrons. The number of rotatable bonds is 0. The number of carbonyl (C=O) groups is 2. The molecule has 0 saturated heterocycles. The summed E-state index contributed by atoms with van der Waals surface area (Å²) in [6, 6.07) is 26.5. The summed E-state index contributed by atoms with van der Waals surface area (Å²) in [4.78, 5) is 38.6. The van der Waals surface area contributed by atoms with Gasteiger partial charge in [0.1, 0.15) is 0 Å². The van der Waals surface area contributed by atoms with Crippen LogP contribution >= 0.6 is 0 Å². The molecule has 0 atom stereocenters. The van der Waals surface area contributed by atoms with Gasteiger partial charge in [0.2, 0.25) is 11.6 Å². The minimum atomic E-state index is -0.618. The van der Waals surface area contributed by atoms with E-state index < -0.39 is 11.6 Å². The van der Waals surface area contributed by atoms with Gasteiger partial charge in [-0.2, -0.15) is 0 Å². The summed E-state index contributed by atoms with van der Waals surface area (Å²) in [5, 5.41) is 3.46. The van der Waals surface area contributed by atoms with Crippen LogP contribution < -0.4 is 11.2 Å². The molecule has 0 fully saturated rings. The number of para-hydroxylation sites is 2. The topological polar surface area (TPSA) is 93.0 Å².